The van der Waals surface area contributed by atoms with Gasteiger partial charge in [-0.15, -0.1) is 0 Å². The third-order valence-corrected chi connectivity index (χ3v) is 10.1. The number of nitrogens with one attached hydrogen (secondary N) is 1. The van der Waals surface area contributed by atoms with Crippen LogP contribution in [-0.2, 0) is 5.41 Å². The highest BCUT2D eigenvalue weighted by molar-refractivity contribution is 5.92. The first-order valence-corrected chi connectivity index (χ1v) is 14.8. The van der Waals surface area contributed by atoms with Gasteiger partial charge in [-0.25, -0.2) is 4.98 Å². The largest absolute Gasteiger partial charge is 0.357 e. The van der Waals surface area contributed by atoms with E-state index in [2.05, 4.69) is 76.0 Å². The molecule has 2 aromatic carbocycles. The summed E-state index contributed by atoms with van der Waals surface area (Å²) in [7, 11) is 0. The van der Waals surface area contributed by atoms with Crippen molar-refractivity contribution in [1.29, 1.82) is 0 Å². The van der Waals surface area contributed by atoms with E-state index in [9.17, 15) is 4.79 Å². The molecule has 0 saturated carbocycles. The van der Waals surface area contributed by atoms with E-state index in [-0.39, 0.29) is 11.3 Å². The number of benzene rings is 2. The van der Waals surface area contributed by atoms with Gasteiger partial charge >= 0.3 is 0 Å². The number of rotatable bonds is 6. The van der Waals surface area contributed by atoms with Crippen LogP contribution in [0.3, 0.4) is 0 Å². The van der Waals surface area contributed by atoms with E-state index in [1.165, 1.54) is 36.8 Å². The summed E-state index contributed by atoms with van der Waals surface area (Å²) < 4.78 is 2.53. The van der Waals surface area contributed by atoms with Crippen LogP contribution in [0.1, 0.15) is 72.9 Å². The van der Waals surface area contributed by atoms with Gasteiger partial charge in [-0.3, -0.25) is 9.69 Å². The molecule has 7 rings (SSSR count). The molecule has 0 spiro atoms. The van der Waals surface area contributed by atoms with Crippen LogP contribution in [0, 0.1) is 6.92 Å². The van der Waals surface area contributed by atoms with Gasteiger partial charge in [-0.05, 0) is 93.7 Å². The summed E-state index contributed by atoms with van der Waals surface area (Å²) in [5, 5.41) is 0. The standard InChI is InChI=1S/C33H39N5O/c1-24-35-29-10-5-6-12-31(29)38(24)28-22-26-13-14-27(23-28)37(26)21-17-33(25-8-3-2-4-9-25)15-19-36(20-16-33)32(39)30-11-7-18-34-30/h2-12,18,26-28,34H,13-17,19-23H2,1H3. The van der Waals surface area contributed by atoms with Crippen LogP contribution < -0.4 is 0 Å². The Bertz CT molecular complexity index is 1420. The number of hydrogen-bond acceptors (Lipinski definition) is 3. The van der Waals surface area contributed by atoms with E-state index < -0.39 is 0 Å². The molecule has 6 heteroatoms. The number of piperidine rings is 2. The van der Waals surface area contributed by atoms with Crippen LogP contribution >= 0.6 is 0 Å². The SMILES string of the molecule is Cc1nc2ccccc2n1C1CC2CCC(C1)N2CCC1(c2ccccc2)CCN(C(=O)c2ccc[nH]2)CC1. The minimum atomic E-state index is 0.126. The summed E-state index contributed by atoms with van der Waals surface area (Å²) >= 11 is 0. The Morgan fingerprint density at radius 2 is 1.64 bits per heavy atom. The Kier molecular flexibility index (Phi) is 6.31. The topological polar surface area (TPSA) is 57.2 Å². The average Bonchev–Trinajstić information content (AvgIpc) is 3.68. The molecule has 4 aromatic rings. The molecule has 2 bridgehead atoms. The molecule has 0 radical (unpaired) electrons. The molecule has 202 valence electrons. The van der Waals surface area contributed by atoms with Crippen molar-refractivity contribution in [1.82, 2.24) is 24.3 Å². The minimum Gasteiger partial charge on any atom is -0.357 e. The monoisotopic (exact) mass is 521 g/mol. The van der Waals surface area contributed by atoms with Crippen molar-refractivity contribution < 1.29 is 4.79 Å². The predicted molar refractivity (Wildman–Crippen MR) is 155 cm³/mol. The zero-order chi connectivity index (χ0) is 26.4. The highest BCUT2D eigenvalue weighted by Crippen LogP contribution is 2.45. The average molecular weight is 522 g/mol. The molecule has 3 saturated heterocycles. The number of amides is 1. The van der Waals surface area contributed by atoms with Crippen molar-refractivity contribution in [2.75, 3.05) is 19.6 Å². The van der Waals surface area contributed by atoms with E-state index in [4.69, 9.17) is 4.98 Å². The summed E-state index contributed by atoms with van der Waals surface area (Å²) in [6.07, 6.45) is 10.1. The lowest BCUT2D eigenvalue weighted by molar-refractivity contribution is 0.0602. The Balaban J connectivity index is 1.07. The third kappa shape index (κ3) is 4.39. The van der Waals surface area contributed by atoms with E-state index in [1.54, 1.807) is 0 Å². The number of aryl methyl sites for hydroxylation is 1. The number of imidazole rings is 1. The van der Waals surface area contributed by atoms with Gasteiger partial charge in [0.2, 0.25) is 0 Å². The Morgan fingerprint density at radius 3 is 2.36 bits per heavy atom. The molecule has 3 aliphatic heterocycles. The summed E-state index contributed by atoms with van der Waals surface area (Å²) in [4.78, 5) is 25.9. The molecule has 1 amide bonds. The number of carbonyl (C=O) groups excluding carboxylic acids is 1. The van der Waals surface area contributed by atoms with Crippen molar-refractivity contribution in [3.63, 3.8) is 0 Å². The van der Waals surface area contributed by atoms with Gasteiger partial charge in [0.25, 0.3) is 5.91 Å². The lowest BCUT2D eigenvalue weighted by Crippen LogP contribution is -2.49. The molecule has 5 heterocycles. The number of likely N-dealkylation sites (tertiary alicyclic amines) is 1. The van der Waals surface area contributed by atoms with Crippen molar-refractivity contribution in [2.45, 2.75) is 75.4 Å². The molecule has 2 atom stereocenters. The van der Waals surface area contributed by atoms with E-state index in [0.29, 0.717) is 23.8 Å². The molecular formula is C33H39N5O. The lowest BCUT2D eigenvalue weighted by Gasteiger charge is -2.45. The Morgan fingerprint density at radius 1 is 0.923 bits per heavy atom. The Hall–Kier alpha value is -3.38. The number of H-pyrrole nitrogens is 1. The highest BCUT2D eigenvalue weighted by atomic mass is 16.2. The number of aromatic nitrogens is 3. The van der Waals surface area contributed by atoms with Gasteiger partial charge in [0.05, 0.1) is 11.0 Å². The second-order valence-electron chi connectivity index (χ2n) is 12.0. The first-order valence-electron chi connectivity index (χ1n) is 14.8. The first-order chi connectivity index (χ1) is 19.1. The molecule has 39 heavy (non-hydrogen) atoms. The zero-order valence-electron chi connectivity index (χ0n) is 22.9. The maximum Gasteiger partial charge on any atom is 0.270 e. The molecule has 1 N–H and O–H groups in total. The van der Waals surface area contributed by atoms with Gasteiger partial charge in [-0.2, -0.15) is 0 Å². The fraction of sp³-hybridized carbons (Fsp3) is 0.455. The van der Waals surface area contributed by atoms with Gasteiger partial charge in [0, 0.05) is 37.4 Å². The summed E-state index contributed by atoms with van der Waals surface area (Å²) in [6, 6.07) is 25.3. The Labute approximate surface area is 231 Å². The number of hydrogen-bond donors (Lipinski definition) is 1. The fourth-order valence-corrected chi connectivity index (χ4v) is 8.04. The first kappa shape index (κ1) is 24.6. The maximum absolute atomic E-state index is 13.0. The normalized spacial score (nSPS) is 24.8. The quantitative estimate of drug-likeness (QED) is 0.333. The second kappa shape index (κ2) is 9.98. The summed E-state index contributed by atoms with van der Waals surface area (Å²) in [5.74, 6) is 1.28. The number of carbonyl (C=O) groups is 1. The molecular weight excluding hydrogens is 482 g/mol. The van der Waals surface area contributed by atoms with Crippen LogP contribution in [-0.4, -0.2) is 62.0 Å². The van der Waals surface area contributed by atoms with Crippen LogP contribution in [0.4, 0.5) is 0 Å². The van der Waals surface area contributed by atoms with E-state index in [0.717, 1.165) is 50.2 Å². The predicted octanol–water partition coefficient (Wildman–Crippen LogP) is 6.11. The third-order valence-electron chi connectivity index (χ3n) is 10.1. The van der Waals surface area contributed by atoms with Crippen LogP contribution in [0.15, 0.2) is 72.9 Å². The number of fused-ring (bicyclic) bond motifs is 3. The van der Waals surface area contributed by atoms with Crippen molar-refractivity contribution >= 4 is 16.9 Å². The number of nitrogens with zero attached hydrogens (tertiary/aromatic N) is 4. The fourth-order valence-electron chi connectivity index (χ4n) is 8.04. The van der Waals surface area contributed by atoms with Crippen molar-refractivity contribution in [3.05, 3.63) is 90.0 Å². The molecule has 3 fully saturated rings. The lowest BCUT2D eigenvalue weighted by atomic mass is 9.70. The zero-order valence-corrected chi connectivity index (χ0v) is 22.9. The maximum atomic E-state index is 13.0. The van der Waals surface area contributed by atoms with E-state index in [1.807, 2.05) is 23.2 Å². The van der Waals surface area contributed by atoms with Crippen molar-refractivity contribution in [2.24, 2.45) is 0 Å². The van der Waals surface area contributed by atoms with Gasteiger partial charge in [0.1, 0.15) is 11.5 Å². The minimum absolute atomic E-state index is 0.126. The summed E-state index contributed by atoms with van der Waals surface area (Å²) in [5.41, 5.74) is 4.68. The van der Waals surface area contributed by atoms with E-state index >= 15 is 0 Å². The molecule has 2 aromatic heterocycles. The second-order valence-corrected chi connectivity index (χ2v) is 12.0. The number of aromatic amines is 1. The highest BCUT2D eigenvalue weighted by Gasteiger charge is 2.44. The summed E-state index contributed by atoms with van der Waals surface area (Å²) in [6.45, 7) is 4.94. The van der Waals surface area contributed by atoms with Crippen LogP contribution in [0.25, 0.3) is 11.0 Å². The van der Waals surface area contributed by atoms with Crippen LogP contribution in [0.5, 0.6) is 0 Å². The van der Waals surface area contributed by atoms with Gasteiger partial charge in [-0.1, -0.05) is 42.5 Å². The van der Waals surface area contributed by atoms with Gasteiger partial charge in [0.15, 0.2) is 0 Å². The smallest absolute Gasteiger partial charge is 0.270 e. The molecule has 2 unspecified atom stereocenters. The molecule has 6 nitrogen and oxygen atoms in total. The molecule has 3 aliphatic rings. The van der Waals surface area contributed by atoms with Crippen molar-refractivity contribution in [3.8, 4) is 0 Å². The molecule has 0 aliphatic carbocycles. The van der Waals surface area contributed by atoms with Crippen LogP contribution in [0.2, 0.25) is 0 Å². The van der Waals surface area contributed by atoms with Gasteiger partial charge < -0.3 is 14.5 Å². The number of para-hydroxylation sites is 2.